The maximum Gasteiger partial charge on any atom is 0.205 e. The van der Waals surface area contributed by atoms with Gasteiger partial charge in [0.2, 0.25) is 5.13 Å². The van der Waals surface area contributed by atoms with Gasteiger partial charge < -0.3 is 14.7 Å². The van der Waals surface area contributed by atoms with Crippen LogP contribution < -0.4 is 4.90 Å². The van der Waals surface area contributed by atoms with E-state index in [1.807, 2.05) is 4.90 Å². The molecule has 0 saturated heterocycles. The van der Waals surface area contributed by atoms with E-state index in [1.54, 1.807) is 7.11 Å². The second kappa shape index (κ2) is 7.54. The molecule has 6 heteroatoms. The molecule has 0 unspecified atom stereocenters. The normalized spacial score (nSPS) is 10.7. The Hall–Kier alpha value is -0.720. The largest absolute Gasteiger partial charge is 0.395 e. The summed E-state index contributed by atoms with van der Waals surface area (Å²) in [6.45, 7) is 4.16. The maximum atomic E-state index is 8.98. The van der Waals surface area contributed by atoms with E-state index in [9.17, 15) is 0 Å². The number of hydrogen-bond donors (Lipinski definition) is 1. The van der Waals surface area contributed by atoms with E-state index in [-0.39, 0.29) is 6.61 Å². The number of rotatable bonds is 8. The monoisotopic (exact) mass is 245 g/mol. The first-order valence-electron chi connectivity index (χ1n) is 5.49. The van der Waals surface area contributed by atoms with E-state index < -0.39 is 0 Å². The van der Waals surface area contributed by atoms with Crippen molar-refractivity contribution in [3.8, 4) is 0 Å². The van der Waals surface area contributed by atoms with Crippen molar-refractivity contribution in [2.45, 2.75) is 19.8 Å². The summed E-state index contributed by atoms with van der Waals surface area (Å²) in [7, 11) is 1.67. The highest BCUT2D eigenvalue weighted by molar-refractivity contribution is 7.09. The summed E-state index contributed by atoms with van der Waals surface area (Å²) < 4.78 is 9.31. The molecule has 0 aromatic carbocycles. The molecule has 0 spiro atoms. The predicted molar refractivity (Wildman–Crippen MR) is 65.1 cm³/mol. The first-order chi connectivity index (χ1) is 7.81. The van der Waals surface area contributed by atoms with E-state index >= 15 is 0 Å². The molecule has 0 fully saturated rings. The molecule has 0 aliphatic carbocycles. The van der Waals surface area contributed by atoms with Crippen molar-refractivity contribution in [3.63, 3.8) is 0 Å². The van der Waals surface area contributed by atoms with Gasteiger partial charge in [-0.1, -0.05) is 6.92 Å². The Morgan fingerprint density at radius 1 is 1.44 bits per heavy atom. The molecule has 0 bridgehead atoms. The fourth-order valence-corrected chi connectivity index (χ4v) is 2.09. The number of aliphatic hydroxyl groups excluding tert-OH is 1. The molecule has 0 radical (unpaired) electrons. The number of anilines is 1. The van der Waals surface area contributed by atoms with Gasteiger partial charge in [-0.3, -0.25) is 0 Å². The lowest BCUT2D eigenvalue weighted by Crippen LogP contribution is -2.30. The van der Waals surface area contributed by atoms with Crippen LogP contribution in [0.2, 0.25) is 0 Å². The van der Waals surface area contributed by atoms with Gasteiger partial charge in [-0.15, -0.1) is 0 Å². The number of aromatic nitrogens is 2. The average Bonchev–Trinajstić information content (AvgIpc) is 2.73. The fourth-order valence-electron chi connectivity index (χ4n) is 1.32. The highest BCUT2D eigenvalue weighted by Gasteiger charge is 2.11. The van der Waals surface area contributed by atoms with E-state index in [0.29, 0.717) is 13.2 Å². The Morgan fingerprint density at radius 2 is 2.25 bits per heavy atom. The van der Waals surface area contributed by atoms with Crippen molar-refractivity contribution in [1.29, 1.82) is 0 Å². The first-order valence-corrected chi connectivity index (χ1v) is 6.26. The van der Waals surface area contributed by atoms with E-state index in [1.165, 1.54) is 11.5 Å². The van der Waals surface area contributed by atoms with Crippen LogP contribution in [-0.4, -0.2) is 47.9 Å². The van der Waals surface area contributed by atoms with Gasteiger partial charge in [0, 0.05) is 38.2 Å². The summed E-state index contributed by atoms with van der Waals surface area (Å²) in [6, 6.07) is 0. The number of ether oxygens (including phenoxy) is 1. The summed E-state index contributed by atoms with van der Waals surface area (Å²) >= 11 is 1.39. The first kappa shape index (κ1) is 13.3. The summed E-state index contributed by atoms with van der Waals surface area (Å²) in [4.78, 5) is 6.44. The Morgan fingerprint density at radius 3 is 2.88 bits per heavy atom. The highest BCUT2D eigenvalue weighted by Crippen LogP contribution is 2.17. The standard InChI is InChI=1S/C10H19N3O2S/c1-3-4-9-11-10(16-12-9)13(5-7-14)6-8-15-2/h14H,3-8H2,1-2H3. The zero-order valence-corrected chi connectivity index (χ0v) is 10.7. The molecule has 1 aromatic rings. The van der Waals surface area contributed by atoms with Crippen molar-refractivity contribution in [1.82, 2.24) is 9.36 Å². The minimum Gasteiger partial charge on any atom is -0.395 e. The molecule has 16 heavy (non-hydrogen) atoms. The Labute approximate surface area is 100 Å². The number of methoxy groups -OCH3 is 1. The van der Waals surface area contributed by atoms with Gasteiger partial charge in [-0.25, -0.2) is 4.98 Å². The van der Waals surface area contributed by atoms with E-state index in [0.717, 1.165) is 30.3 Å². The van der Waals surface area contributed by atoms with Crippen molar-refractivity contribution in [2.24, 2.45) is 0 Å². The van der Waals surface area contributed by atoms with Crippen LogP contribution in [0.4, 0.5) is 5.13 Å². The molecule has 1 aromatic heterocycles. The minimum atomic E-state index is 0.117. The summed E-state index contributed by atoms with van der Waals surface area (Å²) in [5, 5.41) is 9.85. The Bertz CT molecular complexity index is 293. The molecule has 0 aliphatic heterocycles. The van der Waals surface area contributed by atoms with Gasteiger partial charge in [0.1, 0.15) is 5.82 Å². The predicted octanol–water partition coefficient (Wildman–Crippen LogP) is 0.936. The molecule has 1 rings (SSSR count). The lowest BCUT2D eigenvalue weighted by atomic mass is 10.3. The van der Waals surface area contributed by atoms with Crippen molar-refractivity contribution >= 4 is 16.7 Å². The second-order valence-electron chi connectivity index (χ2n) is 3.45. The molecule has 1 N–H and O–H groups in total. The Kier molecular flexibility index (Phi) is 6.29. The van der Waals surface area contributed by atoms with Gasteiger partial charge >= 0.3 is 0 Å². The van der Waals surface area contributed by atoms with E-state index in [2.05, 4.69) is 16.3 Å². The van der Waals surface area contributed by atoms with Gasteiger partial charge in [-0.2, -0.15) is 4.37 Å². The third-order valence-electron chi connectivity index (χ3n) is 2.14. The molecular weight excluding hydrogens is 226 g/mol. The lowest BCUT2D eigenvalue weighted by molar-refractivity contribution is 0.203. The fraction of sp³-hybridized carbons (Fsp3) is 0.800. The summed E-state index contributed by atoms with van der Waals surface area (Å²) in [5.74, 6) is 0.892. The lowest BCUT2D eigenvalue weighted by Gasteiger charge is -2.19. The van der Waals surface area contributed by atoms with Gasteiger partial charge in [0.15, 0.2) is 0 Å². The number of aliphatic hydroxyl groups is 1. The quantitative estimate of drug-likeness (QED) is 0.738. The van der Waals surface area contributed by atoms with E-state index in [4.69, 9.17) is 9.84 Å². The molecule has 92 valence electrons. The summed E-state index contributed by atoms with van der Waals surface area (Å²) in [5.41, 5.74) is 0. The van der Waals surface area contributed by atoms with Crippen LogP contribution in [0.3, 0.4) is 0 Å². The van der Waals surface area contributed by atoms with Crippen LogP contribution in [0.5, 0.6) is 0 Å². The zero-order valence-electron chi connectivity index (χ0n) is 9.85. The minimum absolute atomic E-state index is 0.117. The molecule has 0 aliphatic rings. The van der Waals surface area contributed by atoms with Gasteiger partial charge in [-0.05, 0) is 6.42 Å². The van der Waals surface area contributed by atoms with Crippen molar-refractivity contribution in [3.05, 3.63) is 5.82 Å². The molecule has 0 amide bonds. The maximum absolute atomic E-state index is 8.98. The number of nitrogens with zero attached hydrogens (tertiary/aromatic N) is 3. The molecule has 5 nitrogen and oxygen atoms in total. The van der Waals surface area contributed by atoms with Crippen LogP contribution in [0, 0.1) is 0 Å². The zero-order chi connectivity index (χ0) is 11.8. The van der Waals surface area contributed by atoms with Gasteiger partial charge in [0.05, 0.1) is 13.2 Å². The van der Waals surface area contributed by atoms with Crippen LogP contribution in [0.25, 0.3) is 0 Å². The van der Waals surface area contributed by atoms with Gasteiger partial charge in [0.25, 0.3) is 0 Å². The van der Waals surface area contributed by atoms with Crippen LogP contribution in [0.15, 0.2) is 0 Å². The van der Waals surface area contributed by atoms with Crippen LogP contribution in [0.1, 0.15) is 19.2 Å². The summed E-state index contributed by atoms with van der Waals surface area (Å²) in [6.07, 6.45) is 1.96. The molecule has 0 atom stereocenters. The van der Waals surface area contributed by atoms with Crippen molar-refractivity contribution < 1.29 is 9.84 Å². The van der Waals surface area contributed by atoms with Crippen LogP contribution >= 0.6 is 11.5 Å². The number of hydrogen-bond acceptors (Lipinski definition) is 6. The molecule has 0 saturated carbocycles. The second-order valence-corrected chi connectivity index (χ2v) is 4.18. The molecular formula is C10H19N3O2S. The third-order valence-corrected chi connectivity index (χ3v) is 2.95. The third kappa shape index (κ3) is 4.03. The smallest absolute Gasteiger partial charge is 0.205 e. The molecule has 1 heterocycles. The Balaban J connectivity index is 2.59. The number of aryl methyl sites for hydroxylation is 1. The SMILES string of the molecule is CCCc1nsc(N(CCO)CCOC)n1. The van der Waals surface area contributed by atoms with Crippen LogP contribution in [-0.2, 0) is 11.2 Å². The average molecular weight is 245 g/mol. The highest BCUT2D eigenvalue weighted by atomic mass is 32.1. The topological polar surface area (TPSA) is 58.5 Å². The van der Waals surface area contributed by atoms with Crippen molar-refractivity contribution in [2.75, 3.05) is 38.3 Å².